The minimum Gasteiger partial charge on any atom is -0.302 e. The molecule has 2 rings (SSSR count). The molecule has 1 aliphatic heterocycles. The van der Waals surface area contributed by atoms with Crippen molar-refractivity contribution in [2.75, 3.05) is 0 Å². The molecule has 0 bridgehead atoms. The van der Waals surface area contributed by atoms with E-state index in [0.29, 0.717) is 0 Å². The topological polar surface area (TPSA) is 54.0 Å². The third-order valence-electron chi connectivity index (χ3n) is 2.14. The lowest BCUT2D eigenvalue weighted by Gasteiger charge is -2.06. The summed E-state index contributed by atoms with van der Waals surface area (Å²) in [4.78, 5) is 14.7. The molecule has 0 spiro atoms. The maximum absolute atomic E-state index is 10.5. The molecule has 0 amide bonds. The molecule has 4 heteroatoms. The van der Waals surface area contributed by atoms with Crippen LogP contribution in [0, 0.1) is 0 Å². The van der Waals surface area contributed by atoms with Gasteiger partial charge in [-0.1, -0.05) is 6.07 Å². The van der Waals surface area contributed by atoms with Crippen LogP contribution in [0.1, 0.15) is 18.2 Å². The first-order valence-corrected chi connectivity index (χ1v) is 4.27. The van der Waals surface area contributed by atoms with Gasteiger partial charge >= 0.3 is 0 Å². The molecule has 2 unspecified atom stereocenters. The zero-order valence-electron chi connectivity index (χ0n) is 7.10. The highest BCUT2D eigenvalue weighted by atomic mass is 16.1. The van der Waals surface area contributed by atoms with E-state index in [0.717, 1.165) is 18.4 Å². The summed E-state index contributed by atoms with van der Waals surface area (Å²) >= 11 is 0. The lowest BCUT2D eigenvalue weighted by Crippen LogP contribution is -2.31. The summed E-state index contributed by atoms with van der Waals surface area (Å²) in [5, 5.41) is 0. The molecule has 0 aromatic carbocycles. The van der Waals surface area contributed by atoms with Crippen molar-refractivity contribution in [2.45, 2.75) is 18.5 Å². The highest BCUT2D eigenvalue weighted by Gasteiger charge is 2.24. The standard InChI is InChI=1S/C9H11N3O/c13-6-7-5-9(12-11-7)8-3-1-2-4-10-8/h1-4,6-7,9,11-12H,5H2. The van der Waals surface area contributed by atoms with Gasteiger partial charge < -0.3 is 4.79 Å². The smallest absolute Gasteiger partial charge is 0.138 e. The van der Waals surface area contributed by atoms with Crippen molar-refractivity contribution in [2.24, 2.45) is 0 Å². The maximum Gasteiger partial charge on any atom is 0.138 e. The molecule has 2 heterocycles. The minimum absolute atomic E-state index is 0.0907. The second-order valence-corrected chi connectivity index (χ2v) is 3.07. The number of hydrogen-bond donors (Lipinski definition) is 2. The molecule has 13 heavy (non-hydrogen) atoms. The zero-order chi connectivity index (χ0) is 9.10. The van der Waals surface area contributed by atoms with Gasteiger partial charge in [0.05, 0.1) is 17.8 Å². The Balaban J connectivity index is 2.08. The minimum atomic E-state index is -0.0907. The van der Waals surface area contributed by atoms with E-state index in [2.05, 4.69) is 15.8 Å². The molecule has 0 aliphatic carbocycles. The highest BCUT2D eigenvalue weighted by molar-refractivity contribution is 5.58. The largest absolute Gasteiger partial charge is 0.302 e. The van der Waals surface area contributed by atoms with Crippen LogP contribution in [0.2, 0.25) is 0 Å². The van der Waals surface area contributed by atoms with Crippen molar-refractivity contribution in [3.8, 4) is 0 Å². The Labute approximate surface area is 76.3 Å². The summed E-state index contributed by atoms with van der Waals surface area (Å²) in [6.07, 6.45) is 3.43. The Bertz CT molecular complexity index is 288. The fourth-order valence-electron chi connectivity index (χ4n) is 1.45. The predicted octanol–water partition coefficient (Wildman–Crippen LogP) is 0.188. The van der Waals surface area contributed by atoms with Crippen LogP contribution in [0.25, 0.3) is 0 Å². The van der Waals surface area contributed by atoms with Gasteiger partial charge in [-0.25, -0.2) is 10.9 Å². The molecule has 2 N–H and O–H groups in total. The van der Waals surface area contributed by atoms with Gasteiger partial charge in [-0.15, -0.1) is 0 Å². The molecule has 0 radical (unpaired) electrons. The summed E-state index contributed by atoms with van der Waals surface area (Å²) in [6.45, 7) is 0. The fraction of sp³-hybridized carbons (Fsp3) is 0.333. The Hall–Kier alpha value is -1.26. The van der Waals surface area contributed by atoms with Gasteiger partial charge in [0.25, 0.3) is 0 Å². The van der Waals surface area contributed by atoms with Crippen LogP contribution in [0.5, 0.6) is 0 Å². The highest BCUT2D eigenvalue weighted by Crippen LogP contribution is 2.18. The third-order valence-corrected chi connectivity index (χ3v) is 2.14. The Kier molecular flexibility index (Phi) is 2.33. The second-order valence-electron chi connectivity index (χ2n) is 3.07. The molecule has 1 aromatic heterocycles. The Morgan fingerprint density at radius 3 is 3.00 bits per heavy atom. The van der Waals surface area contributed by atoms with E-state index in [-0.39, 0.29) is 12.1 Å². The second kappa shape index (κ2) is 3.64. The van der Waals surface area contributed by atoms with Crippen LogP contribution < -0.4 is 10.9 Å². The number of aromatic nitrogens is 1. The van der Waals surface area contributed by atoms with E-state index in [1.807, 2.05) is 18.2 Å². The maximum atomic E-state index is 10.5. The number of carbonyl (C=O) groups excluding carboxylic acids is 1. The van der Waals surface area contributed by atoms with E-state index in [4.69, 9.17) is 0 Å². The van der Waals surface area contributed by atoms with Gasteiger partial charge in [0, 0.05) is 6.20 Å². The van der Waals surface area contributed by atoms with Gasteiger partial charge in [-0.3, -0.25) is 4.98 Å². The number of nitrogens with one attached hydrogen (secondary N) is 2. The quantitative estimate of drug-likeness (QED) is 0.633. The van der Waals surface area contributed by atoms with E-state index < -0.39 is 0 Å². The first-order valence-electron chi connectivity index (χ1n) is 4.27. The van der Waals surface area contributed by atoms with Crippen molar-refractivity contribution in [1.29, 1.82) is 0 Å². The SMILES string of the molecule is O=CC1CC(c2ccccn2)NN1. The number of carbonyl (C=O) groups is 1. The van der Waals surface area contributed by atoms with Gasteiger partial charge in [0.1, 0.15) is 6.29 Å². The molecule has 1 fully saturated rings. The number of pyridine rings is 1. The fourth-order valence-corrected chi connectivity index (χ4v) is 1.45. The summed E-state index contributed by atoms with van der Waals surface area (Å²) in [7, 11) is 0. The number of aldehydes is 1. The van der Waals surface area contributed by atoms with Gasteiger partial charge in [0.2, 0.25) is 0 Å². The summed E-state index contributed by atoms with van der Waals surface area (Å²) in [5.41, 5.74) is 6.90. The average molecular weight is 177 g/mol. The third kappa shape index (κ3) is 1.74. The van der Waals surface area contributed by atoms with E-state index in [1.165, 1.54) is 0 Å². The van der Waals surface area contributed by atoms with Crippen LogP contribution in [-0.2, 0) is 4.79 Å². The lowest BCUT2D eigenvalue weighted by molar-refractivity contribution is -0.109. The number of rotatable bonds is 2. The van der Waals surface area contributed by atoms with Gasteiger partial charge in [0.15, 0.2) is 0 Å². The monoisotopic (exact) mass is 177 g/mol. The first-order chi connectivity index (χ1) is 6.40. The molecule has 1 aromatic rings. The average Bonchev–Trinajstić information content (AvgIpc) is 2.67. The lowest BCUT2D eigenvalue weighted by atomic mass is 10.1. The van der Waals surface area contributed by atoms with Crippen LogP contribution in [0.3, 0.4) is 0 Å². The molecule has 1 aliphatic rings. The van der Waals surface area contributed by atoms with Gasteiger partial charge in [-0.2, -0.15) is 0 Å². The molecule has 0 saturated carbocycles. The van der Waals surface area contributed by atoms with Crippen molar-refractivity contribution in [3.05, 3.63) is 30.1 Å². The summed E-state index contributed by atoms with van der Waals surface area (Å²) in [5.74, 6) is 0. The summed E-state index contributed by atoms with van der Waals surface area (Å²) < 4.78 is 0. The molecular formula is C9H11N3O. The van der Waals surface area contributed by atoms with Crippen molar-refractivity contribution >= 4 is 6.29 Å². The first kappa shape index (κ1) is 8.34. The van der Waals surface area contributed by atoms with E-state index in [1.54, 1.807) is 6.20 Å². The zero-order valence-corrected chi connectivity index (χ0v) is 7.10. The molecular weight excluding hydrogens is 166 g/mol. The molecule has 1 saturated heterocycles. The number of hydrogen-bond acceptors (Lipinski definition) is 4. The van der Waals surface area contributed by atoms with E-state index >= 15 is 0 Å². The van der Waals surface area contributed by atoms with Gasteiger partial charge in [-0.05, 0) is 18.6 Å². The normalized spacial score (nSPS) is 27.4. The van der Waals surface area contributed by atoms with E-state index in [9.17, 15) is 4.79 Å². The molecule has 2 atom stereocenters. The Morgan fingerprint density at radius 2 is 2.38 bits per heavy atom. The van der Waals surface area contributed by atoms with Crippen molar-refractivity contribution in [1.82, 2.24) is 15.8 Å². The van der Waals surface area contributed by atoms with Crippen LogP contribution in [-0.4, -0.2) is 17.3 Å². The Morgan fingerprint density at radius 1 is 1.46 bits per heavy atom. The van der Waals surface area contributed by atoms with Crippen LogP contribution >= 0.6 is 0 Å². The number of nitrogens with zero attached hydrogens (tertiary/aromatic N) is 1. The van der Waals surface area contributed by atoms with Crippen LogP contribution in [0.4, 0.5) is 0 Å². The van der Waals surface area contributed by atoms with Crippen molar-refractivity contribution < 1.29 is 4.79 Å². The molecule has 4 nitrogen and oxygen atoms in total. The number of hydrazine groups is 1. The predicted molar refractivity (Wildman–Crippen MR) is 47.7 cm³/mol. The van der Waals surface area contributed by atoms with Crippen molar-refractivity contribution in [3.63, 3.8) is 0 Å². The van der Waals surface area contributed by atoms with Crippen LogP contribution in [0.15, 0.2) is 24.4 Å². The molecule has 68 valence electrons. The summed E-state index contributed by atoms with van der Waals surface area (Å²) in [6, 6.07) is 5.83.